The molecule has 2 heterocycles. The fourth-order valence-corrected chi connectivity index (χ4v) is 4.08. The highest BCUT2D eigenvalue weighted by Gasteiger charge is 2.34. The van der Waals surface area contributed by atoms with Gasteiger partial charge in [-0.1, -0.05) is 22.0 Å². The van der Waals surface area contributed by atoms with Crippen molar-refractivity contribution in [2.45, 2.75) is 19.9 Å². The molecule has 2 aromatic rings. The number of halogens is 2. The Balaban J connectivity index is 2.21. The summed E-state index contributed by atoms with van der Waals surface area (Å²) in [6.45, 7) is 4.26. The molecule has 0 bridgehead atoms. The molecule has 1 aromatic heterocycles. The summed E-state index contributed by atoms with van der Waals surface area (Å²) in [5.41, 5.74) is 1.38. The summed E-state index contributed by atoms with van der Waals surface area (Å²) in [6, 6.07) is 3.44. The second-order valence-corrected chi connectivity index (χ2v) is 7.16. The van der Waals surface area contributed by atoms with Crippen LogP contribution in [0.25, 0.3) is 0 Å². The van der Waals surface area contributed by atoms with E-state index in [1.165, 1.54) is 23.5 Å². The van der Waals surface area contributed by atoms with E-state index in [1.54, 1.807) is 19.2 Å². The Morgan fingerprint density at radius 2 is 2.24 bits per heavy atom. The number of aromatic nitrogens is 1. The highest BCUT2D eigenvalue weighted by atomic mass is 79.9. The summed E-state index contributed by atoms with van der Waals surface area (Å²) in [6.07, 6.45) is 1.69. The number of hydrogen-bond donors (Lipinski definition) is 1. The summed E-state index contributed by atoms with van der Waals surface area (Å²) in [5, 5.41) is 12.3. The third-order valence-corrected chi connectivity index (χ3v) is 5.46. The molecule has 3 rings (SSSR count). The number of rotatable bonds is 4. The van der Waals surface area contributed by atoms with Crippen molar-refractivity contribution in [1.82, 2.24) is 9.88 Å². The molecule has 1 aliphatic heterocycles. The number of benzene rings is 1. The number of aliphatic carboxylic acids is 1. The summed E-state index contributed by atoms with van der Waals surface area (Å²) in [4.78, 5) is 22.8. The van der Waals surface area contributed by atoms with Crippen LogP contribution in [0.15, 0.2) is 50.5 Å². The van der Waals surface area contributed by atoms with Gasteiger partial charge in [-0.2, -0.15) is 0 Å². The van der Waals surface area contributed by atoms with Gasteiger partial charge in [-0.3, -0.25) is 4.99 Å². The molecule has 0 saturated heterocycles. The molecule has 1 aliphatic rings. The predicted octanol–water partition coefficient (Wildman–Crippen LogP) is 4.23. The molecule has 8 heteroatoms. The lowest BCUT2D eigenvalue weighted by Crippen LogP contribution is -2.36. The molecule has 1 atom stereocenters. The normalized spacial score (nSPS) is 17.7. The lowest BCUT2D eigenvalue weighted by Gasteiger charge is -2.33. The molecule has 1 N–H and O–H groups in total. The Kier molecular flexibility index (Phi) is 5.01. The maximum Gasteiger partial charge on any atom is 0.335 e. The van der Waals surface area contributed by atoms with Crippen LogP contribution in [0.5, 0.6) is 0 Å². The van der Waals surface area contributed by atoms with Crippen LogP contribution in [0, 0.1) is 5.82 Å². The number of allylic oxidation sites excluding steroid dienone is 1. The third kappa shape index (κ3) is 3.23. The Bertz CT molecular complexity index is 880. The molecule has 0 fully saturated rings. The van der Waals surface area contributed by atoms with Gasteiger partial charge in [-0.25, -0.2) is 14.2 Å². The largest absolute Gasteiger partial charge is 0.478 e. The molecule has 0 aliphatic carbocycles. The molecule has 0 radical (unpaired) electrons. The second kappa shape index (κ2) is 7.05. The van der Waals surface area contributed by atoms with Crippen LogP contribution < -0.4 is 0 Å². The van der Waals surface area contributed by atoms with Crippen molar-refractivity contribution in [2.24, 2.45) is 4.99 Å². The molecular formula is C17H15BrFN3O2S. The SMILES string of the molecule is CCN1C(c2nccs2)=NC(c2ccc(F)cc2Br)C(C(=O)O)=C1C. The standard InChI is InChI=1S/C17H15BrFN3O2S/c1-3-22-9(2)13(17(23)24)14(11-5-4-10(19)8-12(11)18)21-15(22)16-20-6-7-25-16/h4-8,14H,3H2,1-2H3,(H,23,24). The summed E-state index contributed by atoms with van der Waals surface area (Å²) in [7, 11) is 0. The van der Waals surface area contributed by atoms with Crippen molar-refractivity contribution in [1.29, 1.82) is 0 Å². The first-order chi connectivity index (χ1) is 11.9. The molecule has 5 nitrogen and oxygen atoms in total. The minimum Gasteiger partial charge on any atom is -0.478 e. The van der Waals surface area contributed by atoms with Crippen LogP contribution in [0.3, 0.4) is 0 Å². The zero-order valence-electron chi connectivity index (χ0n) is 13.5. The number of carbonyl (C=O) groups is 1. The molecule has 25 heavy (non-hydrogen) atoms. The van der Waals surface area contributed by atoms with Gasteiger partial charge in [-0.05, 0) is 31.5 Å². The van der Waals surface area contributed by atoms with Crippen molar-refractivity contribution in [3.8, 4) is 0 Å². The Morgan fingerprint density at radius 3 is 2.80 bits per heavy atom. The lowest BCUT2D eigenvalue weighted by atomic mass is 9.95. The monoisotopic (exact) mass is 423 g/mol. The molecular weight excluding hydrogens is 409 g/mol. The van der Waals surface area contributed by atoms with Crippen LogP contribution in [0.4, 0.5) is 4.39 Å². The topological polar surface area (TPSA) is 65.8 Å². The van der Waals surface area contributed by atoms with Crippen LogP contribution in [-0.2, 0) is 4.79 Å². The molecule has 1 aromatic carbocycles. The maximum absolute atomic E-state index is 13.5. The zero-order valence-corrected chi connectivity index (χ0v) is 15.9. The summed E-state index contributed by atoms with van der Waals surface area (Å²) >= 11 is 4.77. The number of thiazole rings is 1. The van der Waals surface area contributed by atoms with Gasteiger partial charge in [-0.15, -0.1) is 11.3 Å². The van der Waals surface area contributed by atoms with Gasteiger partial charge in [0.05, 0.1) is 5.57 Å². The van der Waals surface area contributed by atoms with E-state index in [4.69, 9.17) is 0 Å². The fourth-order valence-electron chi connectivity index (χ4n) is 2.87. The van der Waals surface area contributed by atoms with Gasteiger partial charge in [0.2, 0.25) is 0 Å². The predicted molar refractivity (Wildman–Crippen MR) is 98.2 cm³/mol. The number of carboxylic acids is 1. The Hall–Kier alpha value is -2.06. The van der Waals surface area contributed by atoms with E-state index >= 15 is 0 Å². The molecule has 0 saturated carbocycles. The first-order valence-electron chi connectivity index (χ1n) is 7.58. The molecule has 1 unspecified atom stereocenters. The quantitative estimate of drug-likeness (QED) is 0.798. The van der Waals surface area contributed by atoms with Gasteiger partial charge in [0.25, 0.3) is 0 Å². The second-order valence-electron chi connectivity index (χ2n) is 5.41. The first kappa shape index (κ1) is 17.8. The number of nitrogens with zero attached hydrogens (tertiary/aromatic N) is 3. The minimum absolute atomic E-state index is 0.175. The highest BCUT2D eigenvalue weighted by molar-refractivity contribution is 9.10. The van der Waals surface area contributed by atoms with E-state index in [9.17, 15) is 14.3 Å². The van der Waals surface area contributed by atoms with E-state index < -0.39 is 17.8 Å². The zero-order chi connectivity index (χ0) is 18.1. The van der Waals surface area contributed by atoms with Crippen LogP contribution in [-0.4, -0.2) is 33.3 Å². The third-order valence-electron chi connectivity index (χ3n) is 4.00. The smallest absolute Gasteiger partial charge is 0.335 e. The van der Waals surface area contributed by atoms with Gasteiger partial charge >= 0.3 is 5.97 Å². The van der Waals surface area contributed by atoms with Crippen molar-refractivity contribution in [3.63, 3.8) is 0 Å². The van der Waals surface area contributed by atoms with Crippen molar-refractivity contribution in [3.05, 3.63) is 61.9 Å². The van der Waals surface area contributed by atoms with Crippen molar-refractivity contribution < 1.29 is 14.3 Å². The summed E-state index contributed by atoms with van der Waals surface area (Å²) < 4.78 is 13.9. The van der Waals surface area contributed by atoms with Gasteiger partial charge in [0, 0.05) is 28.3 Å². The van der Waals surface area contributed by atoms with E-state index in [0.29, 0.717) is 33.1 Å². The highest BCUT2D eigenvalue weighted by Crippen LogP contribution is 2.38. The van der Waals surface area contributed by atoms with E-state index in [0.717, 1.165) is 0 Å². The number of amidine groups is 1. The van der Waals surface area contributed by atoms with Gasteiger partial charge in [0.15, 0.2) is 10.8 Å². The summed E-state index contributed by atoms with van der Waals surface area (Å²) in [5.74, 6) is -0.816. The van der Waals surface area contributed by atoms with Crippen molar-refractivity contribution in [2.75, 3.05) is 6.54 Å². The average molecular weight is 424 g/mol. The van der Waals surface area contributed by atoms with E-state index in [2.05, 4.69) is 25.9 Å². The average Bonchev–Trinajstić information content (AvgIpc) is 3.08. The number of aliphatic imine (C=N–C) groups is 1. The Morgan fingerprint density at radius 1 is 1.48 bits per heavy atom. The first-order valence-corrected chi connectivity index (χ1v) is 9.25. The van der Waals surface area contributed by atoms with E-state index in [1.807, 2.05) is 17.2 Å². The van der Waals surface area contributed by atoms with Crippen LogP contribution in [0.1, 0.15) is 30.5 Å². The van der Waals surface area contributed by atoms with Crippen molar-refractivity contribution >= 4 is 39.1 Å². The molecule has 0 amide bonds. The van der Waals surface area contributed by atoms with Crippen LogP contribution >= 0.6 is 27.3 Å². The Labute approximate surface area is 156 Å². The molecule has 130 valence electrons. The van der Waals surface area contributed by atoms with E-state index in [-0.39, 0.29) is 5.57 Å². The maximum atomic E-state index is 13.5. The lowest BCUT2D eigenvalue weighted by molar-refractivity contribution is -0.133. The molecule has 0 spiro atoms. The van der Waals surface area contributed by atoms with Gasteiger partial charge < -0.3 is 10.0 Å². The van der Waals surface area contributed by atoms with Gasteiger partial charge in [0.1, 0.15) is 11.9 Å². The number of carboxylic acid groups (broad SMARTS) is 1. The number of hydrogen-bond acceptors (Lipinski definition) is 5. The minimum atomic E-state index is -1.04. The van der Waals surface area contributed by atoms with Crippen LogP contribution in [0.2, 0.25) is 0 Å². The fraction of sp³-hybridized carbons (Fsp3) is 0.235.